The van der Waals surface area contributed by atoms with Gasteiger partial charge in [-0.3, -0.25) is 10.2 Å². The lowest BCUT2D eigenvalue weighted by Crippen LogP contribution is -2.25. The summed E-state index contributed by atoms with van der Waals surface area (Å²) >= 11 is 5.18. The molecule has 5 heteroatoms. The Morgan fingerprint density at radius 3 is 2.43 bits per heavy atom. The minimum Gasteiger partial charge on any atom is -0.331 e. The van der Waals surface area contributed by atoms with Gasteiger partial charge in [0.1, 0.15) is 0 Å². The minimum absolute atomic E-state index is 0.0908. The third-order valence-corrected chi connectivity index (χ3v) is 3.38. The van der Waals surface area contributed by atoms with Crippen LogP contribution in [0.3, 0.4) is 0 Å². The highest BCUT2D eigenvalue weighted by Gasteiger charge is 2.24. The van der Waals surface area contributed by atoms with E-state index < -0.39 is 0 Å². The fourth-order valence-corrected chi connectivity index (χ4v) is 2.38. The molecule has 0 unspecified atom stereocenters. The molecule has 0 radical (unpaired) electrons. The summed E-state index contributed by atoms with van der Waals surface area (Å²) in [6, 6.07) is 17.1. The van der Waals surface area contributed by atoms with Crippen LogP contribution in [-0.2, 0) is 0 Å². The highest BCUT2D eigenvalue weighted by Crippen LogP contribution is 2.21. The molecule has 0 atom stereocenters. The maximum absolute atomic E-state index is 11.9. The third-order valence-electron chi connectivity index (χ3n) is 3.19. The molecule has 0 aromatic heterocycles. The van der Waals surface area contributed by atoms with Crippen molar-refractivity contribution in [2.75, 3.05) is 5.32 Å². The Labute approximate surface area is 127 Å². The van der Waals surface area contributed by atoms with Crippen molar-refractivity contribution >= 4 is 34.5 Å². The Bertz CT molecular complexity index is 725. The van der Waals surface area contributed by atoms with Crippen LogP contribution in [0.25, 0.3) is 0 Å². The molecule has 4 nitrogen and oxygen atoms in total. The van der Waals surface area contributed by atoms with Gasteiger partial charge in [-0.1, -0.05) is 42.5 Å². The van der Waals surface area contributed by atoms with Crippen molar-refractivity contribution in [2.24, 2.45) is 5.10 Å². The van der Waals surface area contributed by atoms with Gasteiger partial charge in [0.2, 0.25) is 0 Å². The Morgan fingerprint density at radius 1 is 1.00 bits per heavy atom. The van der Waals surface area contributed by atoms with Crippen molar-refractivity contribution in [3.63, 3.8) is 0 Å². The smallest absolute Gasteiger partial charge is 0.191 e. The number of benzene rings is 2. The Kier molecular flexibility index (Phi) is 3.75. The van der Waals surface area contributed by atoms with E-state index in [9.17, 15) is 4.79 Å². The van der Waals surface area contributed by atoms with E-state index in [0.717, 1.165) is 16.8 Å². The van der Waals surface area contributed by atoms with Crippen molar-refractivity contribution < 1.29 is 4.79 Å². The lowest BCUT2D eigenvalue weighted by Gasteiger charge is -2.07. The van der Waals surface area contributed by atoms with E-state index in [1.165, 1.54) is 0 Å². The van der Waals surface area contributed by atoms with Gasteiger partial charge in [0.05, 0.1) is 12.1 Å². The topological polar surface area (TPSA) is 53.5 Å². The van der Waals surface area contributed by atoms with Crippen LogP contribution in [0.4, 0.5) is 5.69 Å². The number of anilines is 1. The van der Waals surface area contributed by atoms with E-state index in [0.29, 0.717) is 17.2 Å². The summed E-state index contributed by atoms with van der Waals surface area (Å²) < 4.78 is 0. The van der Waals surface area contributed by atoms with Crippen LogP contribution in [0.5, 0.6) is 0 Å². The molecule has 21 heavy (non-hydrogen) atoms. The fourth-order valence-electron chi connectivity index (χ4n) is 2.22. The largest absolute Gasteiger partial charge is 0.331 e. The van der Waals surface area contributed by atoms with Crippen LogP contribution < -0.4 is 10.7 Å². The number of nitrogens with zero attached hydrogens (tertiary/aromatic N) is 1. The van der Waals surface area contributed by atoms with E-state index in [1.54, 1.807) is 0 Å². The fraction of sp³-hybridized carbons (Fsp3) is 0.0625. The summed E-state index contributed by atoms with van der Waals surface area (Å²) in [4.78, 5) is 11.9. The van der Waals surface area contributed by atoms with E-state index in [4.69, 9.17) is 12.2 Å². The van der Waals surface area contributed by atoms with Gasteiger partial charge in [-0.2, -0.15) is 5.10 Å². The maximum atomic E-state index is 11.9. The van der Waals surface area contributed by atoms with Crippen molar-refractivity contribution in [1.82, 2.24) is 5.43 Å². The van der Waals surface area contributed by atoms with Gasteiger partial charge >= 0.3 is 0 Å². The monoisotopic (exact) mass is 295 g/mol. The number of hydrogen-bond donors (Lipinski definition) is 2. The molecule has 1 aliphatic carbocycles. The highest BCUT2D eigenvalue weighted by molar-refractivity contribution is 7.80. The number of Topliss-reactive ketones (excluding diaryl/α,β-unsaturated/α-hetero) is 1. The van der Waals surface area contributed by atoms with Crippen LogP contribution in [0, 0.1) is 0 Å². The molecule has 0 saturated heterocycles. The highest BCUT2D eigenvalue weighted by atomic mass is 32.1. The number of rotatable bonds is 2. The van der Waals surface area contributed by atoms with Gasteiger partial charge in [-0.05, 0) is 24.4 Å². The maximum Gasteiger partial charge on any atom is 0.191 e. The average Bonchev–Trinajstić information content (AvgIpc) is 2.83. The lowest BCUT2D eigenvalue weighted by molar-refractivity contribution is 0.101. The van der Waals surface area contributed by atoms with Crippen LogP contribution >= 0.6 is 12.2 Å². The first-order valence-corrected chi connectivity index (χ1v) is 6.96. The predicted molar refractivity (Wildman–Crippen MR) is 87.7 cm³/mol. The molecule has 0 spiro atoms. The van der Waals surface area contributed by atoms with E-state index in [-0.39, 0.29) is 5.78 Å². The number of hydrogen-bond acceptors (Lipinski definition) is 3. The second kappa shape index (κ2) is 5.85. The molecule has 2 N–H and O–H groups in total. The number of thiocarbonyl (C=S) groups is 1. The molecular weight excluding hydrogens is 282 g/mol. The first-order chi connectivity index (χ1) is 10.2. The zero-order valence-electron chi connectivity index (χ0n) is 11.2. The molecule has 3 rings (SSSR count). The number of ketones is 1. The molecule has 0 aliphatic heterocycles. The zero-order valence-corrected chi connectivity index (χ0v) is 12.0. The van der Waals surface area contributed by atoms with Gasteiger partial charge in [-0.15, -0.1) is 0 Å². The van der Waals surface area contributed by atoms with Gasteiger partial charge in [-0.25, -0.2) is 0 Å². The van der Waals surface area contributed by atoms with E-state index in [2.05, 4.69) is 15.8 Å². The summed E-state index contributed by atoms with van der Waals surface area (Å²) in [5, 5.41) is 7.68. The number of para-hydroxylation sites is 1. The Hall–Kier alpha value is -2.53. The summed E-state index contributed by atoms with van der Waals surface area (Å²) in [6.45, 7) is 0. The predicted octanol–water partition coefficient (Wildman–Crippen LogP) is 2.96. The standard InChI is InChI=1S/C16H13N3OS/c20-15-10-14(12-8-4-5-9-13(12)15)18-19-16(21)17-11-6-2-1-3-7-11/h1-9H,10H2,(H2,17,19,21). The van der Waals surface area contributed by atoms with Crippen molar-refractivity contribution in [1.29, 1.82) is 0 Å². The van der Waals surface area contributed by atoms with Crippen molar-refractivity contribution in [3.8, 4) is 0 Å². The first kappa shape index (κ1) is 13.5. The normalized spacial score (nSPS) is 14.9. The molecule has 2 aromatic rings. The minimum atomic E-state index is 0.0908. The molecule has 104 valence electrons. The molecule has 0 saturated carbocycles. The van der Waals surface area contributed by atoms with Crippen LogP contribution in [0.1, 0.15) is 22.3 Å². The van der Waals surface area contributed by atoms with Crippen molar-refractivity contribution in [2.45, 2.75) is 6.42 Å². The first-order valence-electron chi connectivity index (χ1n) is 6.55. The summed E-state index contributed by atoms with van der Waals surface area (Å²) in [7, 11) is 0. The zero-order chi connectivity index (χ0) is 14.7. The number of carbonyl (C=O) groups excluding carboxylic acids is 1. The van der Waals surface area contributed by atoms with Crippen LogP contribution in [-0.4, -0.2) is 16.6 Å². The van der Waals surface area contributed by atoms with Crippen LogP contribution in [0.15, 0.2) is 59.7 Å². The molecule has 0 amide bonds. The third kappa shape index (κ3) is 2.98. The molecule has 1 aliphatic rings. The summed E-state index contributed by atoms with van der Waals surface area (Å²) in [5.41, 5.74) is 5.99. The van der Waals surface area contributed by atoms with Gasteiger partial charge < -0.3 is 5.32 Å². The Balaban J connectivity index is 1.70. The SMILES string of the molecule is O=C1CC(=NNC(=S)Nc2ccccc2)c2ccccc21. The quantitative estimate of drug-likeness (QED) is 0.660. The number of carbonyl (C=O) groups is 1. The summed E-state index contributed by atoms with van der Waals surface area (Å²) in [5.74, 6) is 0.0908. The molecular formula is C16H13N3OS. The van der Waals surface area contributed by atoms with Crippen molar-refractivity contribution in [3.05, 3.63) is 65.7 Å². The van der Waals surface area contributed by atoms with Crippen LogP contribution in [0.2, 0.25) is 0 Å². The molecule has 0 bridgehead atoms. The second-order valence-corrected chi connectivity index (χ2v) is 5.04. The van der Waals surface area contributed by atoms with E-state index >= 15 is 0 Å². The average molecular weight is 295 g/mol. The molecule has 0 fully saturated rings. The Morgan fingerprint density at radius 2 is 1.67 bits per heavy atom. The molecule has 0 heterocycles. The van der Waals surface area contributed by atoms with Gasteiger partial charge in [0.25, 0.3) is 0 Å². The second-order valence-electron chi connectivity index (χ2n) is 4.64. The lowest BCUT2D eigenvalue weighted by atomic mass is 10.1. The number of hydrazone groups is 1. The molecule has 2 aromatic carbocycles. The number of fused-ring (bicyclic) bond motifs is 1. The van der Waals surface area contributed by atoms with Gasteiger partial charge in [0, 0.05) is 16.8 Å². The van der Waals surface area contributed by atoms with E-state index in [1.807, 2.05) is 54.6 Å². The number of nitrogens with one attached hydrogen (secondary N) is 2. The summed E-state index contributed by atoms with van der Waals surface area (Å²) in [6.07, 6.45) is 0.306. The van der Waals surface area contributed by atoms with Gasteiger partial charge in [0.15, 0.2) is 10.9 Å².